The Bertz CT molecular complexity index is 390. The first kappa shape index (κ1) is 12.7. The van der Waals surface area contributed by atoms with Gasteiger partial charge < -0.3 is 0 Å². The van der Waals surface area contributed by atoms with Gasteiger partial charge in [-0.15, -0.1) is 0 Å². The van der Waals surface area contributed by atoms with E-state index in [2.05, 4.69) is 8.44 Å². The third kappa shape index (κ3) is 2.92. The third-order valence-electron chi connectivity index (χ3n) is 2.33. The molecular weight excluding hydrogens is 335 g/mol. The van der Waals surface area contributed by atoms with Gasteiger partial charge in [-0.3, -0.25) is 0 Å². The molecule has 0 radical (unpaired) electrons. The van der Waals surface area contributed by atoms with Crippen LogP contribution in [0.1, 0.15) is 0 Å². The van der Waals surface area contributed by atoms with E-state index in [4.69, 9.17) is 15.4 Å². The minimum atomic E-state index is -0.297. The molecule has 0 bridgehead atoms. The molecule has 0 aromatic heterocycles. The molecule has 0 amide bonds. The van der Waals surface area contributed by atoms with Crippen molar-refractivity contribution in [3.05, 3.63) is 24.3 Å². The van der Waals surface area contributed by atoms with E-state index >= 15 is 0 Å². The van der Waals surface area contributed by atoms with Crippen molar-refractivity contribution in [1.29, 1.82) is 0 Å². The number of benzene rings is 1. The summed E-state index contributed by atoms with van der Waals surface area (Å²) in [5.41, 5.74) is 7.39. The van der Waals surface area contributed by atoms with Crippen LogP contribution in [0.15, 0.2) is 29.4 Å². The molecular formula is C10H16IN4O2+. The Hall–Kier alpha value is -0.770. The number of hydroxylamine groups is 2. The number of alkyl halides is 1. The van der Waals surface area contributed by atoms with E-state index in [9.17, 15) is 0 Å². The first-order valence-corrected chi connectivity index (χ1v) is 7.82. The van der Waals surface area contributed by atoms with E-state index in [-0.39, 0.29) is 26.3 Å². The van der Waals surface area contributed by atoms with Gasteiger partial charge >= 0.3 is 111 Å². The first-order chi connectivity index (χ1) is 8.27. The topological polar surface area (TPSA) is 70.8 Å². The second kappa shape index (κ2) is 5.71. The molecule has 1 heterocycles. The molecule has 7 heteroatoms. The molecule has 1 aromatic carbocycles. The fourth-order valence-electron chi connectivity index (χ4n) is 1.56. The minimum absolute atomic E-state index is 0.121. The normalized spacial score (nSPS) is 19.1. The Morgan fingerprint density at radius 1 is 1.35 bits per heavy atom. The van der Waals surface area contributed by atoms with Crippen molar-refractivity contribution in [3.63, 3.8) is 0 Å². The van der Waals surface area contributed by atoms with Gasteiger partial charge in [0.05, 0.1) is 0 Å². The van der Waals surface area contributed by atoms with Crippen LogP contribution in [0.2, 0.25) is 0 Å². The average Bonchev–Trinajstić information content (AvgIpc) is 2.80. The summed E-state index contributed by atoms with van der Waals surface area (Å²) in [6, 6.07) is 7.59. The Kier molecular flexibility index (Phi) is 4.26. The third-order valence-corrected chi connectivity index (χ3v) is 4.39. The first-order valence-electron chi connectivity index (χ1n) is 5.22. The fourth-order valence-corrected chi connectivity index (χ4v) is 3.29. The Balaban J connectivity index is 2.18. The van der Waals surface area contributed by atoms with Crippen molar-refractivity contribution in [2.45, 2.75) is 0 Å². The molecule has 2 rings (SSSR count). The molecule has 0 aliphatic carbocycles. The van der Waals surface area contributed by atoms with Gasteiger partial charge in [0.1, 0.15) is 0 Å². The molecule has 3 N–H and O–H groups in total. The van der Waals surface area contributed by atoms with Crippen LogP contribution >= 0.6 is 0 Å². The van der Waals surface area contributed by atoms with Gasteiger partial charge in [0, 0.05) is 0 Å². The molecule has 0 unspecified atom stereocenters. The Labute approximate surface area is 111 Å². The van der Waals surface area contributed by atoms with E-state index in [1.165, 1.54) is 0 Å². The van der Waals surface area contributed by atoms with Gasteiger partial charge in [0.25, 0.3) is 0 Å². The summed E-state index contributed by atoms with van der Waals surface area (Å²) in [6.45, 7) is 1.22. The fraction of sp³-hybridized carbons (Fsp3) is 0.400. The molecule has 0 saturated carbocycles. The van der Waals surface area contributed by atoms with Crippen LogP contribution in [0, 0.1) is 0 Å². The molecule has 17 heavy (non-hydrogen) atoms. The number of halogens is 1. The summed E-state index contributed by atoms with van der Waals surface area (Å²) in [7, 11) is 1.74. The molecule has 94 valence electrons. The van der Waals surface area contributed by atoms with Crippen LogP contribution < -0.4 is 35.3 Å². The van der Waals surface area contributed by atoms with Crippen LogP contribution in [0.3, 0.4) is 0 Å². The van der Waals surface area contributed by atoms with Crippen molar-refractivity contribution in [2.75, 3.05) is 30.5 Å². The molecule has 1 aliphatic rings. The number of hydrogen-bond donors (Lipinski definition) is 2. The summed E-state index contributed by atoms with van der Waals surface area (Å²) in [5, 5.41) is 3.89. The standard InChI is InChI=1S/C10H16IN4O2/c1-13-14-11-8-15(16-6-7-17-15)10-4-2-9(12)3-5-10/h2-5,14H,6-8,12H2,1H3/q+1. The van der Waals surface area contributed by atoms with Crippen LogP contribution in [0.5, 0.6) is 0 Å². The molecule has 0 spiro atoms. The summed E-state index contributed by atoms with van der Waals surface area (Å²) in [5.74, 6) is 0. The number of quaternary nitrogens is 1. The SMILES string of the molecule is CN=[NH+][I-]C[N+]1(c2ccc(N)cc2)OCCO1. The van der Waals surface area contributed by atoms with Crippen LogP contribution in [0.4, 0.5) is 11.4 Å². The van der Waals surface area contributed by atoms with Crippen molar-refractivity contribution in [3.8, 4) is 0 Å². The van der Waals surface area contributed by atoms with Crippen molar-refractivity contribution < 1.29 is 34.5 Å². The Morgan fingerprint density at radius 2 is 2.00 bits per heavy atom. The zero-order valence-corrected chi connectivity index (χ0v) is 11.8. The number of hydrogen-bond acceptors (Lipinski definition) is 4. The predicted octanol–water partition coefficient (Wildman–Crippen LogP) is -3.42. The molecule has 6 nitrogen and oxygen atoms in total. The summed E-state index contributed by atoms with van der Waals surface area (Å²) < 4.78 is 3.78. The van der Waals surface area contributed by atoms with Gasteiger partial charge in [-0.1, -0.05) is 0 Å². The van der Waals surface area contributed by atoms with Gasteiger partial charge in [0.15, 0.2) is 0 Å². The number of anilines is 1. The number of nitrogens with zero attached hydrogens (tertiary/aromatic N) is 2. The van der Waals surface area contributed by atoms with E-state index in [0.29, 0.717) is 13.2 Å². The van der Waals surface area contributed by atoms with Crippen molar-refractivity contribution >= 4 is 11.4 Å². The number of nitrogen functional groups attached to an aromatic ring is 1. The molecule has 1 aromatic rings. The maximum atomic E-state index is 5.73. The monoisotopic (exact) mass is 351 g/mol. The second-order valence-electron chi connectivity index (χ2n) is 3.49. The number of nitrogens with two attached hydrogens (primary N) is 1. The average molecular weight is 351 g/mol. The molecule has 1 fully saturated rings. The van der Waals surface area contributed by atoms with Gasteiger partial charge in [0.2, 0.25) is 0 Å². The van der Waals surface area contributed by atoms with Crippen LogP contribution in [-0.4, -0.2) is 24.8 Å². The van der Waals surface area contributed by atoms with Gasteiger partial charge in [-0.2, -0.15) is 0 Å². The van der Waals surface area contributed by atoms with E-state index < -0.39 is 0 Å². The predicted molar refractivity (Wildman–Crippen MR) is 58.7 cm³/mol. The quantitative estimate of drug-likeness (QED) is 0.113. The zero-order valence-electron chi connectivity index (χ0n) is 9.60. The Morgan fingerprint density at radius 3 is 2.59 bits per heavy atom. The molecule has 1 saturated heterocycles. The van der Waals surface area contributed by atoms with Crippen LogP contribution in [0.25, 0.3) is 0 Å². The molecule has 1 aliphatic heterocycles. The zero-order chi connectivity index (χ0) is 12.1. The number of nitrogens with one attached hydrogen (secondary N) is 1. The summed E-state index contributed by atoms with van der Waals surface area (Å²) in [6.07, 6.45) is 0. The maximum absolute atomic E-state index is 5.73. The summed E-state index contributed by atoms with van der Waals surface area (Å²) in [4.78, 5) is 11.6. The van der Waals surface area contributed by atoms with Crippen LogP contribution in [-0.2, 0) is 9.68 Å². The van der Waals surface area contributed by atoms with E-state index in [1.54, 1.807) is 7.05 Å². The number of rotatable bonds is 4. The summed E-state index contributed by atoms with van der Waals surface area (Å²) >= 11 is -0.297. The molecule has 0 atom stereocenters. The van der Waals surface area contributed by atoms with Crippen molar-refractivity contribution in [1.82, 2.24) is 4.81 Å². The van der Waals surface area contributed by atoms with Gasteiger partial charge in [-0.05, 0) is 0 Å². The van der Waals surface area contributed by atoms with E-state index in [0.717, 1.165) is 15.9 Å². The van der Waals surface area contributed by atoms with Gasteiger partial charge in [-0.25, -0.2) is 0 Å². The van der Waals surface area contributed by atoms with E-state index in [1.807, 2.05) is 24.3 Å². The second-order valence-corrected chi connectivity index (χ2v) is 5.42. The van der Waals surface area contributed by atoms with Crippen molar-refractivity contribution in [2.24, 2.45) is 5.11 Å².